The van der Waals surface area contributed by atoms with E-state index in [-0.39, 0.29) is 18.5 Å². The van der Waals surface area contributed by atoms with Crippen LogP contribution in [0, 0.1) is 0 Å². The van der Waals surface area contributed by atoms with Crippen LogP contribution in [0.3, 0.4) is 0 Å². The monoisotopic (exact) mass is 174 g/mol. The molecule has 2 rings (SSSR count). The molecule has 4 atom stereocenters. The predicted molar refractivity (Wildman–Crippen MR) is 40.4 cm³/mol. The lowest BCUT2D eigenvalue weighted by Gasteiger charge is -2.14. The number of fused-ring (bicyclic) bond motifs is 1. The van der Waals surface area contributed by atoms with Crippen LogP contribution < -0.4 is 0 Å². The van der Waals surface area contributed by atoms with Crippen molar-refractivity contribution >= 4 is 0 Å². The van der Waals surface area contributed by atoms with Crippen molar-refractivity contribution in [2.45, 2.75) is 44.6 Å². The number of hydrogen-bond acceptors (Lipinski definition) is 4. The van der Waals surface area contributed by atoms with E-state index < -0.39 is 6.29 Å². The van der Waals surface area contributed by atoms with Crippen LogP contribution in [0.2, 0.25) is 0 Å². The van der Waals surface area contributed by atoms with E-state index in [0.717, 1.165) is 19.4 Å². The average molecular weight is 174 g/mol. The molecule has 12 heavy (non-hydrogen) atoms. The van der Waals surface area contributed by atoms with Crippen LogP contribution in [0.4, 0.5) is 0 Å². The highest BCUT2D eigenvalue weighted by atomic mass is 16.7. The van der Waals surface area contributed by atoms with Crippen LogP contribution >= 0.6 is 0 Å². The Balaban J connectivity index is 1.82. The average Bonchev–Trinajstić information content (AvgIpc) is 2.43. The Morgan fingerprint density at radius 3 is 3.00 bits per heavy atom. The van der Waals surface area contributed by atoms with Gasteiger partial charge in [-0.1, -0.05) is 0 Å². The number of aliphatic hydroxyl groups is 1. The third-order valence-electron chi connectivity index (χ3n) is 2.25. The van der Waals surface area contributed by atoms with Crippen molar-refractivity contribution in [1.82, 2.24) is 0 Å². The molecule has 2 aliphatic rings. The molecule has 0 aromatic rings. The summed E-state index contributed by atoms with van der Waals surface area (Å²) in [6.07, 6.45) is 1.04. The normalized spacial score (nSPS) is 43.0. The Morgan fingerprint density at radius 2 is 2.33 bits per heavy atom. The molecule has 2 heterocycles. The number of hydrogen-bond donors (Lipinski definition) is 1. The van der Waals surface area contributed by atoms with E-state index in [1.165, 1.54) is 0 Å². The Labute approximate surface area is 71.4 Å². The maximum atomic E-state index is 8.93. The van der Waals surface area contributed by atoms with Gasteiger partial charge in [0.1, 0.15) is 0 Å². The maximum Gasteiger partial charge on any atom is 0.163 e. The van der Waals surface area contributed by atoms with E-state index in [0.29, 0.717) is 0 Å². The lowest BCUT2D eigenvalue weighted by molar-refractivity contribution is -0.214. The minimum Gasteiger partial charge on any atom is -0.375 e. The van der Waals surface area contributed by atoms with Crippen LogP contribution in [0.5, 0.6) is 0 Å². The summed E-state index contributed by atoms with van der Waals surface area (Å²) in [6.45, 7) is 2.37. The molecule has 0 radical (unpaired) electrons. The molecule has 4 unspecified atom stereocenters. The minimum atomic E-state index is -0.756. The van der Waals surface area contributed by atoms with Gasteiger partial charge in [-0.05, 0) is 13.3 Å². The molecule has 2 saturated heterocycles. The lowest BCUT2D eigenvalue weighted by Crippen LogP contribution is -2.20. The summed E-state index contributed by atoms with van der Waals surface area (Å²) in [4.78, 5) is 0. The molecule has 0 amide bonds. The summed E-state index contributed by atoms with van der Waals surface area (Å²) in [5, 5.41) is 8.93. The fourth-order valence-electron chi connectivity index (χ4n) is 1.75. The SMILES string of the molecule is CC(O)OC1CC2OCCC2O1. The third kappa shape index (κ3) is 1.61. The zero-order valence-corrected chi connectivity index (χ0v) is 7.10. The zero-order valence-electron chi connectivity index (χ0n) is 7.10. The van der Waals surface area contributed by atoms with E-state index in [4.69, 9.17) is 19.3 Å². The first-order chi connectivity index (χ1) is 5.75. The van der Waals surface area contributed by atoms with Crippen molar-refractivity contribution in [2.24, 2.45) is 0 Å². The van der Waals surface area contributed by atoms with E-state index in [1.807, 2.05) is 0 Å². The topological polar surface area (TPSA) is 47.9 Å². The van der Waals surface area contributed by atoms with E-state index in [2.05, 4.69) is 0 Å². The summed E-state index contributed by atoms with van der Waals surface area (Å²) >= 11 is 0. The van der Waals surface area contributed by atoms with Gasteiger partial charge in [0, 0.05) is 13.0 Å². The molecule has 0 aromatic heterocycles. The van der Waals surface area contributed by atoms with Crippen molar-refractivity contribution in [2.75, 3.05) is 6.61 Å². The van der Waals surface area contributed by atoms with Crippen molar-refractivity contribution in [1.29, 1.82) is 0 Å². The lowest BCUT2D eigenvalue weighted by atomic mass is 10.2. The van der Waals surface area contributed by atoms with Gasteiger partial charge in [0.15, 0.2) is 12.6 Å². The first kappa shape index (κ1) is 8.44. The van der Waals surface area contributed by atoms with Crippen LogP contribution in [0.25, 0.3) is 0 Å². The molecule has 1 N–H and O–H groups in total. The molecule has 2 fully saturated rings. The van der Waals surface area contributed by atoms with Gasteiger partial charge >= 0.3 is 0 Å². The number of ether oxygens (including phenoxy) is 3. The molecule has 0 saturated carbocycles. The molecule has 4 nitrogen and oxygen atoms in total. The molecule has 0 spiro atoms. The molecule has 0 aliphatic carbocycles. The second-order valence-corrected chi connectivity index (χ2v) is 3.27. The predicted octanol–water partition coefficient (Wildman–Crippen LogP) is 0.245. The van der Waals surface area contributed by atoms with Gasteiger partial charge in [0.2, 0.25) is 0 Å². The minimum absolute atomic E-state index is 0.189. The Hall–Kier alpha value is -0.160. The zero-order chi connectivity index (χ0) is 8.55. The summed E-state index contributed by atoms with van der Waals surface area (Å²) in [7, 11) is 0. The quantitative estimate of drug-likeness (QED) is 0.609. The van der Waals surface area contributed by atoms with Crippen molar-refractivity contribution in [3.63, 3.8) is 0 Å². The van der Waals surface area contributed by atoms with Gasteiger partial charge in [0.25, 0.3) is 0 Å². The molecule has 0 bridgehead atoms. The summed E-state index contributed by atoms with van der Waals surface area (Å²) in [5.74, 6) is 0. The van der Waals surface area contributed by atoms with E-state index in [1.54, 1.807) is 6.92 Å². The highest BCUT2D eigenvalue weighted by Crippen LogP contribution is 2.31. The van der Waals surface area contributed by atoms with Crippen LogP contribution in [0.15, 0.2) is 0 Å². The van der Waals surface area contributed by atoms with Crippen LogP contribution in [0.1, 0.15) is 19.8 Å². The molecular weight excluding hydrogens is 160 g/mol. The second-order valence-electron chi connectivity index (χ2n) is 3.27. The number of aliphatic hydroxyl groups excluding tert-OH is 1. The first-order valence-corrected chi connectivity index (χ1v) is 4.36. The van der Waals surface area contributed by atoms with Gasteiger partial charge in [-0.3, -0.25) is 0 Å². The molecule has 0 aromatic carbocycles. The standard InChI is InChI=1S/C8H14O4/c1-5(9)11-8-4-7-6(12-8)2-3-10-7/h5-9H,2-4H2,1H3. The molecule has 2 aliphatic heterocycles. The fourth-order valence-corrected chi connectivity index (χ4v) is 1.75. The van der Waals surface area contributed by atoms with Gasteiger partial charge in [-0.2, -0.15) is 0 Å². The van der Waals surface area contributed by atoms with Crippen LogP contribution in [-0.4, -0.2) is 36.5 Å². The second kappa shape index (κ2) is 3.30. The van der Waals surface area contributed by atoms with Crippen molar-refractivity contribution in [3.05, 3.63) is 0 Å². The molecule has 4 heteroatoms. The largest absolute Gasteiger partial charge is 0.375 e. The first-order valence-electron chi connectivity index (χ1n) is 4.36. The van der Waals surface area contributed by atoms with Crippen molar-refractivity contribution < 1.29 is 19.3 Å². The van der Waals surface area contributed by atoms with Gasteiger partial charge in [-0.15, -0.1) is 0 Å². The number of rotatable bonds is 2. The van der Waals surface area contributed by atoms with Crippen LogP contribution in [-0.2, 0) is 14.2 Å². The summed E-state index contributed by atoms with van der Waals surface area (Å²) in [5.41, 5.74) is 0. The van der Waals surface area contributed by atoms with E-state index in [9.17, 15) is 0 Å². The summed E-state index contributed by atoms with van der Waals surface area (Å²) < 4.78 is 16.0. The Morgan fingerprint density at radius 1 is 1.50 bits per heavy atom. The van der Waals surface area contributed by atoms with Gasteiger partial charge < -0.3 is 19.3 Å². The Kier molecular flexibility index (Phi) is 2.32. The van der Waals surface area contributed by atoms with Gasteiger partial charge in [-0.25, -0.2) is 0 Å². The van der Waals surface area contributed by atoms with Crippen molar-refractivity contribution in [3.8, 4) is 0 Å². The Bertz CT molecular complexity index is 147. The third-order valence-corrected chi connectivity index (χ3v) is 2.25. The summed E-state index contributed by atoms with van der Waals surface area (Å²) in [6, 6.07) is 0. The highest BCUT2D eigenvalue weighted by Gasteiger charge is 2.40. The fraction of sp³-hybridized carbons (Fsp3) is 1.00. The smallest absolute Gasteiger partial charge is 0.163 e. The molecule has 70 valence electrons. The molecular formula is C8H14O4. The maximum absolute atomic E-state index is 8.93. The highest BCUT2D eigenvalue weighted by molar-refractivity contribution is 4.84. The van der Waals surface area contributed by atoms with Gasteiger partial charge in [0.05, 0.1) is 12.2 Å². The van der Waals surface area contributed by atoms with E-state index >= 15 is 0 Å².